The maximum absolute atomic E-state index is 7.55. The SMILES string of the molecule is [C+]#CP=[N-]. The quantitative estimate of drug-likeness (QED) is 0.232. The predicted octanol–water partition coefficient (Wildman–Crippen LogP) is 1.23. The van der Waals surface area contributed by atoms with Crippen LogP contribution in [0.5, 0.6) is 0 Å². The third kappa shape index (κ3) is 1.88. The third-order valence-corrected chi connectivity index (χ3v) is 0.150. The molecule has 0 aliphatic rings. The Kier molecular flexibility index (Phi) is 2.79. The Labute approximate surface area is 26.7 Å². The summed E-state index contributed by atoms with van der Waals surface area (Å²) in [6.07, 6.45) is 5.94. The van der Waals surface area contributed by atoms with Crippen LogP contribution in [0.3, 0.4) is 0 Å². The van der Waals surface area contributed by atoms with Crippen LogP contribution in [0.4, 0.5) is 0 Å². The first-order chi connectivity index (χ1) is 1.91. The zero-order valence-corrected chi connectivity index (χ0v) is 2.79. The van der Waals surface area contributed by atoms with Gasteiger partial charge in [0, 0.05) is 0 Å². The van der Waals surface area contributed by atoms with Crippen molar-refractivity contribution in [3.8, 4) is 5.66 Å². The summed E-state index contributed by atoms with van der Waals surface area (Å²) in [6.45, 7) is 0. The van der Waals surface area contributed by atoms with Gasteiger partial charge < -0.3 is 0 Å². The van der Waals surface area contributed by atoms with Gasteiger partial charge in [0.05, 0.1) is 0 Å². The average molecular weight is 69.0 g/mol. The summed E-state index contributed by atoms with van der Waals surface area (Å²) in [4.78, 5) is 0. The van der Waals surface area contributed by atoms with Crippen molar-refractivity contribution in [3.63, 3.8) is 0 Å². The standard InChI is InChI=1S/C2NP/c1-2-4-3. The van der Waals surface area contributed by atoms with Gasteiger partial charge in [-0.25, -0.2) is 0 Å². The molecule has 0 radical (unpaired) electrons. The summed E-state index contributed by atoms with van der Waals surface area (Å²) in [5.41, 5.74) is 1.71. The van der Waals surface area contributed by atoms with Crippen LogP contribution in [0.2, 0.25) is 0 Å². The van der Waals surface area contributed by atoms with Crippen molar-refractivity contribution in [2.75, 3.05) is 0 Å². The summed E-state index contributed by atoms with van der Waals surface area (Å²) >= 11 is 0. The van der Waals surface area contributed by atoms with Gasteiger partial charge in [-0.15, -0.1) is 0 Å². The van der Waals surface area contributed by atoms with E-state index in [4.69, 9.17) is 11.6 Å². The molecule has 0 spiro atoms. The molecule has 0 aromatic rings. The number of nitrogens with zero attached hydrogens (tertiary/aromatic N) is 1. The van der Waals surface area contributed by atoms with Gasteiger partial charge in [-0.3, -0.25) is 0 Å². The van der Waals surface area contributed by atoms with E-state index in [0.29, 0.717) is 0 Å². The van der Waals surface area contributed by atoms with E-state index in [1.165, 1.54) is 0 Å². The maximum atomic E-state index is 7.55. The first-order valence-corrected chi connectivity index (χ1v) is 1.52. The Morgan fingerprint density at radius 3 is 2.25 bits per heavy atom. The van der Waals surface area contributed by atoms with E-state index in [1.807, 2.05) is 0 Å². The minimum atomic E-state index is -0.0849. The first-order valence-electron chi connectivity index (χ1n) is 0.674. The molecule has 18 valence electrons. The van der Waals surface area contributed by atoms with Crippen LogP contribution >= 0.6 is 8.37 Å². The van der Waals surface area contributed by atoms with Crippen molar-refractivity contribution in [1.82, 2.24) is 0 Å². The summed E-state index contributed by atoms with van der Waals surface area (Å²) in [5.74, 6) is 0. The van der Waals surface area contributed by atoms with Crippen LogP contribution in [0, 0.1) is 12.1 Å². The molecule has 0 fully saturated rings. The van der Waals surface area contributed by atoms with E-state index in [2.05, 4.69) is 0 Å². The number of hydrogen-bond acceptors (Lipinski definition) is 0. The van der Waals surface area contributed by atoms with E-state index in [9.17, 15) is 0 Å². The van der Waals surface area contributed by atoms with Crippen molar-refractivity contribution in [2.24, 2.45) is 0 Å². The molecular formula is C2NP. The van der Waals surface area contributed by atoms with Gasteiger partial charge in [-0.2, -0.15) is 0 Å². The van der Waals surface area contributed by atoms with Gasteiger partial charge >= 0.3 is 25.6 Å². The number of hydrogen-bond donors (Lipinski definition) is 0. The molecule has 0 bridgehead atoms. The molecule has 0 atom stereocenters. The zero-order chi connectivity index (χ0) is 3.41. The van der Waals surface area contributed by atoms with Crippen LogP contribution in [0.1, 0.15) is 0 Å². The molecule has 2 heteroatoms. The van der Waals surface area contributed by atoms with Crippen molar-refractivity contribution < 1.29 is 0 Å². The van der Waals surface area contributed by atoms with E-state index < -0.39 is 0 Å². The van der Waals surface area contributed by atoms with Crippen LogP contribution in [0.25, 0.3) is 5.16 Å². The van der Waals surface area contributed by atoms with Crippen LogP contribution < -0.4 is 0 Å². The Balaban J connectivity index is 2.92. The number of rotatable bonds is 0. The predicted molar refractivity (Wildman–Crippen MR) is 17.4 cm³/mol. The monoisotopic (exact) mass is 69.0 g/mol. The van der Waals surface area contributed by atoms with Crippen LogP contribution in [-0.4, -0.2) is 0 Å². The zero-order valence-electron chi connectivity index (χ0n) is 1.89. The Morgan fingerprint density at radius 2 is 2.25 bits per heavy atom. The molecule has 0 aromatic heterocycles. The molecule has 0 rings (SSSR count). The second-order valence-electron chi connectivity index (χ2n) is 0.212. The Morgan fingerprint density at radius 1 is 2.00 bits per heavy atom. The van der Waals surface area contributed by atoms with Gasteiger partial charge in [0.1, 0.15) is 0 Å². The molecule has 0 N–H and O–H groups in total. The average Bonchev–Trinajstić information content (AvgIpc) is 1.37. The molecule has 0 unspecified atom stereocenters. The van der Waals surface area contributed by atoms with Crippen LogP contribution in [-0.2, 0) is 0 Å². The van der Waals surface area contributed by atoms with Crippen molar-refractivity contribution in [2.45, 2.75) is 0 Å². The van der Waals surface area contributed by atoms with Gasteiger partial charge in [-0.1, -0.05) is 0 Å². The van der Waals surface area contributed by atoms with Crippen molar-refractivity contribution in [3.05, 3.63) is 11.6 Å². The molecular weight excluding hydrogens is 69.0 g/mol. The fourth-order valence-corrected chi connectivity index (χ4v) is 0. The van der Waals surface area contributed by atoms with E-state index >= 15 is 0 Å². The summed E-state index contributed by atoms with van der Waals surface area (Å²) in [5, 5.41) is 7.55. The van der Waals surface area contributed by atoms with Crippen molar-refractivity contribution in [1.29, 1.82) is 0 Å². The Hall–Kier alpha value is -0.120. The van der Waals surface area contributed by atoms with Gasteiger partial charge in [0.25, 0.3) is 0 Å². The third-order valence-electron chi connectivity index (χ3n) is 0.0500. The molecule has 0 aromatic carbocycles. The molecule has 1 nitrogen and oxygen atoms in total. The first kappa shape index (κ1) is 3.88. The summed E-state index contributed by atoms with van der Waals surface area (Å²) in [6, 6.07) is 0. The normalized spacial score (nSPS) is 6.50. The van der Waals surface area contributed by atoms with E-state index in [-0.39, 0.29) is 8.37 Å². The molecule has 0 amide bonds. The molecule has 0 saturated heterocycles. The van der Waals surface area contributed by atoms with Gasteiger partial charge in [0.15, 0.2) is 0 Å². The second-order valence-corrected chi connectivity index (χ2v) is 0.635. The van der Waals surface area contributed by atoms with E-state index in [0.717, 1.165) is 0 Å². The molecule has 0 aliphatic carbocycles. The molecule has 0 aliphatic heterocycles. The molecule has 0 heterocycles. The Bertz CT molecular complexity index is 51.5. The minimum absolute atomic E-state index is 0.0849. The van der Waals surface area contributed by atoms with Crippen LogP contribution in [0.15, 0.2) is 0 Å². The van der Waals surface area contributed by atoms with E-state index in [1.54, 1.807) is 5.66 Å². The van der Waals surface area contributed by atoms with Crippen molar-refractivity contribution >= 4 is 8.37 Å². The summed E-state index contributed by atoms with van der Waals surface area (Å²) < 4.78 is 0. The fourth-order valence-electron chi connectivity index (χ4n) is 0. The fraction of sp³-hybridized carbons (Fsp3) is 0. The van der Waals surface area contributed by atoms with Gasteiger partial charge in [0.2, 0.25) is 0 Å². The second kappa shape index (κ2) is 2.88. The topological polar surface area (TPSA) is 22.3 Å². The van der Waals surface area contributed by atoms with Gasteiger partial charge in [-0.05, 0) is 0 Å². The molecule has 0 saturated carbocycles. The summed E-state index contributed by atoms with van der Waals surface area (Å²) in [7, 11) is -0.0849. The molecule has 4 heavy (non-hydrogen) atoms.